The number of halogens is 1. The number of fused-ring (bicyclic) bond motifs is 1. The van der Waals surface area contributed by atoms with E-state index in [0.717, 1.165) is 22.2 Å². The van der Waals surface area contributed by atoms with Crippen molar-refractivity contribution in [1.29, 1.82) is 0 Å². The molecule has 0 saturated heterocycles. The lowest BCUT2D eigenvalue weighted by Crippen LogP contribution is -2.16. The van der Waals surface area contributed by atoms with Crippen LogP contribution in [0.5, 0.6) is 0 Å². The molecule has 1 aromatic carbocycles. The van der Waals surface area contributed by atoms with Crippen LogP contribution in [-0.4, -0.2) is 14.8 Å². The second kappa shape index (κ2) is 4.64. The third-order valence-electron chi connectivity index (χ3n) is 3.22. The highest BCUT2D eigenvalue weighted by Gasteiger charge is 2.17. The highest BCUT2D eigenvalue weighted by Crippen LogP contribution is 2.27. The smallest absolute Gasteiger partial charge is 0.0837 e. The van der Waals surface area contributed by atoms with Crippen LogP contribution in [0.2, 0.25) is 5.02 Å². The summed E-state index contributed by atoms with van der Waals surface area (Å²) in [7, 11) is 1.84. The summed E-state index contributed by atoms with van der Waals surface area (Å²) in [6.07, 6.45) is 3.39. The maximum Gasteiger partial charge on any atom is 0.0837 e. The average molecular weight is 273 g/mol. The topological polar surface area (TPSA) is 56.7 Å². The van der Waals surface area contributed by atoms with Crippen LogP contribution in [-0.2, 0) is 7.05 Å². The summed E-state index contributed by atoms with van der Waals surface area (Å²) in [4.78, 5) is 4.30. The summed E-state index contributed by atoms with van der Waals surface area (Å²) >= 11 is 6.13. The van der Waals surface area contributed by atoms with Gasteiger partial charge in [-0.15, -0.1) is 0 Å². The van der Waals surface area contributed by atoms with Crippen molar-refractivity contribution in [2.75, 3.05) is 0 Å². The van der Waals surface area contributed by atoms with Crippen LogP contribution in [0.1, 0.15) is 17.3 Å². The molecule has 0 saturated carbocycles. The Balaban J connectivity index is 2.09. The van der Waals surface area contributed by atoms with E-state index in [4.69, 9.17) is 17.3 Å². The van der Waals surface area contributed by atoms with E-state index >= 15 is 0 Å². The molecule has 1 atom stereocenters. The monoisotopic (exact) mass is 272 g/mol. The van der Waals surface area contributed by atoms with Gasteiger partial charge < -0.3 is 5.73 Å². The van der Waals surface area contributed by atoms with Gasteiger partial charge in [0, 0.05) is 18.6 Å². The first-order valence-corrected chi connectivity index (χ1v) is 6.32. The van der Waals surface area contributed by atoms with Crippen molar-refractivity contribution >= 4 is 22.5 Å². The van der Waals surface area contributed by atoms with E-state index in [2.05, 4.69) is 10.1 Å². The van der Waals surface area contributed by atoms with Crippen molar-refractivity contribution in [3.63, 3.8) is 0 Å². The van der Waals surface area contributed by atoms with Crippen LogP contribution in [0.15, 0.2) is 42.7 Å². The Morgan fingerprint density at radius 3 is 2.89 bits per heavy atom. The predicted octanol–water partition coefficient (Wildman–Crippen LogP) is 2.67. The molecule has 96 valence electrons. The number of pyridine rings is 1. The van der Waals surface area contributed by atoms with E-state index in [0.29, 0.717) is 5.02 Å². The zero-order valence-corrected chi connectivity index (χ0v) is 11.2. The number of aryl methyl sites for hydroxylation is 1. The van der Waals surface area contributed by atoms with Gasteiger partial charge in [0.2, 0.25) is 0 Å². The van der Waals surface area contributed by atoms with Crippen LogP contribution in [0.4, 0.5) is 0 Å². The van der Waals surface area contributed by atoms with Crippen molar-refractivity contribution in [3.8, 4) is 0 Å². The molecule has 19 heavy (non-hydrogen) atoms. The molecular formula is C14H13ClN4. The molecule has 2 heterocycles. The lowest BCUT2D eigenvalue weighted by molar-refractivity contribution is 0.673. The van der Waals surface area contributed by atoms with Gasteiger partial charge in [-0.3, -0.25) is 9.67 Å². The molecule has 3 rings (SSSR count). The molecule has 0 aliphatic rings. The zero-order valence-electron chi connectivity index (χ0n) is 10.4. The third-order valence-corrected chi connectivity index (χ3v) is 3.51. The van der Waals surface area contributed by atoms with E-state index in [-0.39, 0.29) is 6.04 Å². The summed E-state index contributed by atoms with van der Waals surface area (Å²) in [5.74, 6) is 0. The normalized spacial score (nSPS) is 12.8. The van der Waals surface area contributed by atoms with Crippen LogP contribution in [0, 0.1) is 0 Å². The quantitative estimate of drug-likeness (QED) is 0.780. The number of aromatic nitrogens is 3. The molecule has 2 N–H and O–H groups in total. The molecule has 0 spiro atoms. The highest BCUT2D eigenvalue weighted by atomic mass is 35.5. The summed E-state index contributed by atoms with van der Waals surface area (Å²) < 4.78 is 1.71. The lowest BCUT2D eigenvalue weighted by atomic mass is 10.0. The van der Waals surface area contributed by atoms with Crippen LogP contribution in [0.25, 0.3) is 10.9 Å². The van der Waals surface area contributed by atoms with Crippen LogP contribution < -0.4 is 5.73 Å². The fourth-order valence-electron chi connectivity index (χ4n) is 2.22. The van der Waals surface area contributed by atoms with Gasteiger partial charge in [-0.1, -0.05) is 23.7 Å². The molecule has 0 fully saturated rings. The minimum absolute atomic E-state index is 0.301. The van der Waals surface area contributed by atoms with Gasteiger partial charge in [0.15, 0.2) is 0 Å². The molecule has 5 heteroatoms. The number of hydrogen-bond acceptors (Lipinski definition) is 3. The number of benzene rings is 1. The lowest BCUT2D eigenvalue weighted by Gasteiger charge is -2.14. The Bertz CT molecular complexity index is 716. The van der Waals surface area contributed by atoms with Gasteiger partial charge in [-0.2, -0.15) is 5.10 Å². The molecule has 0 aliphatic heterocycles. The molecule has 0 aliphatic carbocycles. The molecule has 3 aromatic rings. The summed E-state index contributed by atoms with van der Waals surface area (Å²) in [6.45, 7) is 0. The number of nitrogens with two attached hydrogens (primary N) is 1. The summed E-state index contributed by atoms with van der Waals surface area (Å²) in [6, 6.07) is 9.61. The van der Waals surface area contributed by atoms with E-state index in [1.54, 1.807) is 17.1 Å². The Labute approximate surface area is 115 Å². The Morgan fingerprint density at radius 1 is 1.32 bits per heavy atom. The van der Waals surface area contributed by atoms with Crippen molar-refractivity contribution in [2.24, 2.45) is 12.8 Å². The molecular weight excluding hydrogens is 260 g/mol. The van der Waals surface area contributed by atoms with Crippen molar-refractivity contribution in [3.05, 3.63) is 59.0 Å². The van der Waals surface area contributed by atoms with Crippen molar-refractivity contribution in [1.82, 2.24) is 14.8 Å². The summed E-state index contributed by atoms with van der Waals surface area (Å²) in [5, 5.41) is 5.77. The van der Waals surface area contributed by atoms with Crippen LogP contribution >= 0.6 is 11.6 Å². The second-order valence-electron chi connectivity index (χ2n) is 4.43. The van der Waals surface area contributed by atoms with Crippen LogP contribution in [0.3, 0.4) is 0 Å². The zero-order chi connectivity index (χ0) is 13.4. The summed E-state index contributed by atoms with van der Waals surface area (Å²) in [5.41, 5.74) is 9.04. The van der Waals surface area contributed by atoms with Crippen molar-refractivity contribution in [2.45, 2.75) is 6.04 Å². The molecule has 4 nitrogen and oxygen atoms in total. The molecule has 0 radical (unpaired) electrons. The van der Waals surface area contributed by atoms with Gasteiger partial charge in [-0.25, -0.2) is 0 Å². The number of nitrogens with zero attached hydrogens (tertiary/aromatic N) is 3. The van der Waals surface area contributed by atoms with Gasteiger partial charge in [0.05, 0.1) is 28.5 Å². The van der Waals surface area contributed by atoms with E-state index in [9.17, 15) is 0 Å². The van der Waals surface area contributed by atoms with Crippen molar-refractivity contribution < 1.29 is 0 Å². The van der Waals surface area contributed by atoms with Gasteiger partial charge >= 0.3 is 0 Å². The van der Waals surface area contributed by atoms with E-state index in [1.807, 2.05) is 37.4 Å². The Kier molecular flexibility index (Phi) is 2.97. The third kappa shape index (κ3) is 2.09. The highest BCUT2D eigenvalue weighted by molar-refractivity contribution is 6.31. The minimum Gasteiger partial charge on any atom is -0.319 e. The van der Waals surface area contributed by atoms with Gasteiger partial charge in [0.1, 0.15) is 0 Å². The van der Waals surface area contributed by atoms with Gasteiger partial charge in [-0.05, 0) is 23.8 Å². The SMILES string of the molecule is Cn1ncc(Cl)c1C(N)c1ccc2ncccc2c1. The first-order valence-electron chi connectivity index (χ1n) is 5.94. The predicted molar refractivity (Wildman–Crippen MR) is 76.0 cm³/mol. The molecule has 2 aromatic heterocycles. The fraction of sp³-hybridized carbons (Fsp3) is 0.143. The first kappa shape index (κ1) is 12.1. The molecule has 0 bridgehead atoms. The van der Waals surface area contributed by atoms with Gasteiger partial charge in [0.25, 0.3) is 0 Å². The fourth-order valence-corrected chi connectivity index (χ4v) is 2.50. The minimum atomic E-state index is -0.301. The maximum absolute atomic E-state index is 6.29. The second-order valence-corrected chi connectivity index (χ2v) is 4.84. The Morgan fingerprint density at radius 2 is 2.16 bits per heavy atom. The maximum atomic E-state index is 6.29. The number of hydrogen-bond donors (Lipinski definition) is 1. The largest absolute Gasteiger partial charge is 0.319 e. The molecule has 0 amide bonds. The standard InChI is InChI=1S/C14H13ClN4/c1-19-14(11(15)8-18-19)13(16)10-4-5-12-9(7-10)3-2-6-17-12/h2-8,13H,16H2,1H3. The van der Waals surface area contributed by atoms with E-state index in [1.165, 1.54) is 0 Å². The van der Waals surface area contributed by atoms with E-state index < -0.39 is 0 Å². The first-order chi connectivity index (χ1) is 9.16. The molecule has 1 unspecified atom stereocenters. The average Bonchev–Trinajstić information content (AvgIpc) is 2.77. The Hall–Kier alpha value is -1.91. The number of rotatable bonds is 2.